The van der Waals surface area contributed by atoms with E-state index in [4.69, 9.17) is 4.74 Å². The molecule has 0 bridgehead atoms. The Morgan fingerprint density at radius 2 is 2.54 bits per heavy atom. The van der Waals surface area contributed by atoms with Gasteiger partial charge < -0.3 is 10.1 Å². The van der Waals surface area contributed by atoms with Crippen molar-refractivity contribution in [1.82, 2.24) is 5.32 Å². The van der Waals surface area contributed by atoms with Crippen molar-refractivity contribution >= 4 is 5.97 Å². The number of hydrogen-bond acceptors (Lipinski definition) is 5. The first-order valence-corrected chi connectivity index (χ1v) is 3.93. The summed E-state index contributed by atoms with van der Waals surface area (Å²) in [5.74, 6) is -0.505. The number of rotatable bonds is 3. The van der Waals surface area contributed by atoms with Crippen molar-refractivity contribution < 1.29 is 9.53 Å². The van der Waals surface area contributed by atoms with E-state index in [-0.39, 0.29) is 24.4 Å². The molecule has 0 aromatic rings. The molecule has 0 radical (unpaired) electrons. The van der Waals surface area contributed by atoms with Gasteiger partial charge in [-0.3, -0.25) is 0 Å². The zero-order chi connectivity index (χ0) is 9.68. The third-order valence-corrected chi connectivity index (χ3v) is 1.55. The Labute approximate surface area is 75.4 Å². The van der Waals surface area contributed by atoms with Crippen LogP contribution >= 0.6 is 0 Å². The third kappa shape index (κ3) is 2.14. The topological polar surface area (TPSA) is 67.8 Å². The Kier molecular flexibility index (Phi) is 3.19. The van der Waals surface area contributed by atoms with Gasteiger partial charge in [-0.2, -0.15) is 0 Å². The average Bonchev–Trinajstić information content (AvgIpc) is 2.18. The van der Waals surface area contributed by atoms with Crippen LogP contribution in [0.25, 0.3) is 0 Å². The molecule has 0 aromatic carbocycles. The molecule has 0 saturated heterocycles. The van der Waals surface area contributed by atoms with Crippen LogP contribution < -0.4 is 5.32 Å². The first-order valence-electron chi connectivity index (χ1n) is 3.93. The maximum absolute atomic E-state index is 11.2. The molecule has 0 spiro atoms. The minimum atomic E-state index is -0.505. The highest BCUT2D eigenvalue weighted by Crippen LogP contribution is 2.12. The van der Waals surface area contributed by atoms with Crippen LogP contribution in [-0.4, -0.2) is 19.1 Å². The van der Waals surface area contributed by atoms with Gasteiger partial charge in [-0.15, -0.1) is 4.91 Å². The highest BCUT2D eigenvalue weighted by molar-refractivity contribution is 5.92. The molecular weight excluding hydrogens is 172 g/mol. The van der Waals surface area contributed by atoms with E-state index in [1.807, 2.05) is 0 Å². The van der Waals surface area contributed by atoms with Crippen molar-refractivity contribution in [2.45, 2.75) is 6.92 Å². The quantitative estimate of drug-likeness (QED) is 0.515. The van der Waals surface area contributed by atoms with Gasteiger partial charge in [-0.25, -0.2) is 4.79 Å². The maximum Gasteiger partial charge on any atom is 0.340 e. The number of hydrogen-bond donors (Lipinski definition) is 1. The van der Waals surface area contributed by atoms with Gasteiger partial charge in [-0.1, -0.05) is 0 Å². The molecule has 0 saturated carbocycles. The number of carbonyl (C=O) groups excluding carboxylic acids is 1. The maximum atomic E-state index is 11.2. The van der Waals surface area contributed by atoms with E-state index in [1.165, 1.54) is 6.08 Å². The molecular formula is C8H10N2O3. The minimum absolute atomic E-state index is 0.181. The lowest BCUT2D eigenvalue weighted by Gasteiger charge is -2.10. The highest BCUT2D eigenvalue weighted by Gasteiger charge is 2.16. The van der Waals surface area contributed by atoms with E-state index in [0.29, 0.717) is 0 Å². The van der Waals surface area contributed by atoms with Crippen molar-refractivity contribution in [1.29, 1.82) is 0 Å². The van der Waals surface area contributed by atoms with Gasteiger partial charge in [0.15, 0.2) is 0 Å². The average molecular weight is 182 g/mol. The van der Waals surface area contributed by atoms with Gasteiger partial charge in [0.05, 0.1) is 18.7 Å². The van der Waals surface area contributed by atoms with Crippen LogP contribution in [0.4, 0.5) is 0 Å². The van der Waals surface area contributed by atoms with E-state index in [2.05, 4.69) is 10.5 Å². The lowest BCUT2D eigenvalue weighted by molar-refractivity contribution is -0.138. The second-order valence-corrected chi connectivity index (χ2v) is 2.39. The fraction of sp³-hybridized carbons (Fsp3) is 0.375. The van der Waals surface area contributed by atoms with Crippen LogP contribution in [0.3, 0.4) is 0 Å². The van der Waals surface area contributed by atoms with Crippen LogP contribution in [0.1, 0.15) is 6.92 Å². The molecule has 5 heteroatoms. The molecule has 1 aliphatic heterocycles. The van der Waals surface area contributed by atoms with Gasteiger partial charge in [0.2, 0.25) is 0 Å². The van der Waals surface area contributed by atoms with Crippen molar-refractivity contribution in [3.8, 4) is 0 Å². The monoisotopic (exact) mass is 182 g/mol. The van der Waals surface area contributed by atoms with Crippen LogP contribution in [0.15, 0.2) is 28.7 Å². The molecule has 1 aliphatic rings. The van der Waals surface area contributed by atoms with Gasteiger partial charge >= 0.3 is 5.97 Å². The summed E-state index contributed by atoms with van der Waals surface area (Å²) < 4.78 is 4.74. The number of carbonyl (C=O) groups is 1. The normalized spacial score (nSPS) is 15.2. The van der Waals surface area contributed by atoms with Crippen molar-refractivity contribution in [2.24, 2.45) is 5.18 Å². The summed E-state index contributed by atoms with van der Waals surface area (Å²) in [6.07, 6.45) is 3.07. The molecule has 13 heavy (non-hydrogen) atoms. The van der Waals surface area contributed by atoms with E-state index in [0.717, 1.165) is 0 Å². The zero-order valence-corrected chi connectivity index (χ0v) is 7.24. The lowest BCUT2D eigenvalue weighted by atomic mass is 10.1. The van der Waals surface area contributed by atoms with E-state index < -0.39 is 5.97 Å². The molecule has 0 atom stereocenters. The third-order valence-electron chi connectivity index (χ3n) is 1.55. The van der Waals surface area contributed by atoms with E-state index in [1.54, 1.807) is 13.1 Å². The van der Waals surface area contributed by atoms with Crippen molar-refractivity contribution in [3.63, 3.8) is 0 Å². The standard InChI is InChI=1S/C8H10N2O3/c1-2-13-8(11)6-3-4-9-5-7(6)10-12/h3-4,9H,2,5H2,1H3. The second kappa shape index (κ2) is 4.39. The predicted molar refractivity (Wildman–Crippen MR) is 46.6 cm³/mol. The zero-order valence-electron chi connectivity index (χ0n) is 7.24. The molecule has 1 N–H and O–H groups in total. The summed E-state index contributed by atoms with van der Waals surface area (Å²) in [5.41, 5.74) is 0.413. The number of nitroso groups, excluding NO2 is 1. The summed E-state index contributed by atoms with van der Waals surface area (Å²) in [7, 11) is 0. The fourth-order valence-electron chi connectivity index (χ4n) is 0.965. The summed E-state index contributed by atoms with van der Waals surface area (Å²) >= 11 is 0. The van der Waals surface area contributed by atoms with Crippen LogP contribution in [0, 0.1) is 4.91 Å². The second-order valence-electron chi connectivity index (χ2n) is 2.39. The first-order chi connectivity index (χ1) is 6.29. The van der Waals surface area contributed by atoms with Crippen LogP contribution in [0.2, 0.25) is 0 Å². The van der Waals surface area contributed by atoms with Gasteiger partial charge in [0.25, 0.3) is 0 Å². The largest absolute Gasteiger partial charge is 0.462 e. The Bertz CT molecular complexity index is 281. The van der Waals surface area contributed by atoms with Crippen LogP contribution in [-0.2, 0) is 9.53 Å². The smallest absolute Gasteiger partial charge is 0.340 e. The van der Waals surface area contributed by atoms with E-state index in [9.17, 15) is 9.70 Å². The van der Waals surface area contributed by atoms with Crippen molar-refractivity contribution in [2.75, 3.05) is 13.2 Å². The summed E-state index contributed by atoms with van der Waals surface area (Å²) in [4.78, 5) is 21.5. The van der Waals surface area contributed by atoms with E-state index >= 15 is 0 Å². The number of ether oxygens (including phenoxy) is 1. The SMILES string of the molecule is CCOC(=O)C1=C(N=O)CNC=C1. The molecule has 70 valence electrons. The minimum Gasteiger partial charge on any atom is -0.462 e. The molecule has 0 amide bonds. The highest BCUT2D eigenvalue weighted by atomic mass is 16.5. The number of nitrogens with zero attached hydrogens (tertiary/aromatic N) is 1. The van der Waals surface area contributed by atoms with Crippen molar-refractivity contribution in [3.05, 3.63) is 28.5 Å². The fourth-order valence-corrected chi connectivity index (χ4v) is 0.965. The Morgan fingerprint density at radius 1 is 1.77 bits per heavy atom. The summed E-state index contributed by atoms with van der Waals surface area (Å²) in [5, 5.41) is 5.52. The molecule has 0 aromatic heterocycles. The number of esters is 1. The molecule has 1 heterocycles. The Morgan fingerprint density at radius 3 is 3.15 bits per heavy atom. The van der Waals surface area contributed by atoms with Crippen LogP contribution in [0.5, 0.6) is 0 Å². The molecule has 5 nitrogen and oxygen atoms in total. The molecule has 0 fully saturated rings. The Balaban J connectivity index is 2.85. The van der Waals surface area contributed by atoms with Gasteiger partial charge in [-0.05, 0) is 24.4 Å². The number of dihydropyridines is 1. The summed E-state index contributed by atoms with van der Waals surface area (Å²) in [6.45, 7) is 2.27. The Hall–Kier alpha value is -1.65. The van der Waals surface area contributed by atoms with Gasteiger partial charge in [0, 0.05) is 0 Å². The molecule has 0 unspecified atom stereocenters. The summed E-state index contributed by atoms with van der Waals surface area (Å²) in [6, 6.07) is 0. The molecule has 0 aliphatic carbocycles. The van der Waals surface area contributed by atoms with Gasteiger partial charge in [0.1, 0.15) is 5.70 Å². The number of nitrogens with one attached hydrogen (secondary N) is 1. The first kappa shape index (κ1) is 9.44. The predicted octanol–water partition coefficient (Wildman–Crippen LogP) is 0.687. The molecule has 1 rings (SSSR count). The lowest BCUT2D eigenvalue weighted by Crippen LogP contribution is -2.19.